The van der Waals surface area contributed by atoms with Crippen LogP contribution in [0.3, 0.4) is 0 Å². The average molecular weight is 255 g/mol. The molecule has 1 unspecified atom stereocenters. The molecule has 0 aromatic heterocycles. The second kappa shape index (κ2) is 5.71. The van der Waals surface area contributed by atoms with Gasteiger partial charge in [-0.1, -0.05) is 11.6 Å². The van der Waals surface area contributed by atoms with Gasteiger partial charge in [-0.3, -0.25) is 0 Å². The molecule has 1 aromatic carbocycles. The van der Waals surface area contributed by atoms with Crippen LogP contribution in [-0.4, -0.2) is 33.4 Å². The van der Waals surface area contributed by atoms with Crippen molar-refractivity contribution >= 4 is 17.3 Å². The number of benzene rings is 1. The molecule has 1 saturated heterocycles. The Morgan fingerprint density at radius 1 is 1.53 bits per heavy atom. The molecular formula is C13H19ClN2O. The first kappa shape index (κ1) is 12.7. The van der Waals surface area contributed by atoms with Gasteiger partial charge in [-0.2, -0.15) is 0 Å². The predicted octanol–water partition coefficient (Wildman–Crippen LogP) is 2.28. The summed E-state index contributed by atoms with van der Waals surface area (Å²) in [4.78, 5) is 2.30. The Morgan fingerprint density at radius 3 is 3.00 bits per heavy atom. The molecule has 3 nitrogen and oxygen atoms in total. The van der Waals surface area contributed by atoms with E-state index in [0.717, 1.165) is 31.2 Å². The Morgan fingerprint density at radius 2 is 2.35 bits per heavy atom. The maximum Gasteiger partial charge on any atom is 0.0670 e. The SMILES string of the molecule is CNCc1cc(Cl)ccc1N(C)C1CCOC1. The lowest BCUT2D eigenvalue weighted by atomic mass is 10.1. The van der Waals surface area contributed by atoms with Gasteiger partial charge >= 0.3 is 0 Å². The van der Waals surface area contributed by atoms with Gasteiger partial charge in [0.2, 0.25) is 0 Å². The number of nitrogens with zero attached hydrogens (tertiary/aromatic N) is 1. The summed E-state index contributed by atoms with van der Waals surface area (Å²) in [6, 6.07) is 6.54. The molecular weight excluding hydrogens is 236 g/mol. The molecule has 0 spiro atoms. The monoisotopic (exact) mass is 254 g/mol. The zero-order valence-corrected chi connectivity index (χ0v) is 11.1. The summed E-state index contributed by atoms with van der Waals surface area (Å²) in [5, 5.41) is 3.97. The molecule has 1 atom stereocenters. The third kappa shape index (κ3) is 2.92. The van der Waals surface area contributed by atoms with Crippen molar-refractivity contribution in [3.63, 3.8) is 0 Å². The van der Waals surface area contributed by atoms with Crippen molar-refractivity contribution < 1.29 is 4.74 Å². The number of rotatable bonds is 4. The van der Waals surface area contributed by atoms with Crippen LogP contribution in [0, 0.1) is 0 Å². The third-order valence-electron chi connectivity index (χ3n) is 3.24. The van der Waals surface area contributed by atoms with Crippen LogP contribution < -0.4 is 10.2 Å². The van der Waals surface area contributed by atoms with E-state index in [-0.39, 0.29) is 0 Å². The topological polar surface area (TPSA) is 24.5 Å². The van der Waals surface area contributed by atoms with Crippen LogP contribution in [0.2, 0.25) is 5.02 Å². The molecule has 17 heavy (non-hydrogen) atoms. The fraction of sp³-hybridized carbons (Fsp3) is 0.538. The fourth-order valence-electron chi connectivity index (χ4n) is 2.25. The van der Waals surface area contributed by atoms with Gasteiger partial charge in [-0.25, -0.2) is 0 Å². The zero-order chi connectivity index (χ0) is 12.3. The van der Waals surface area contributed by atoms with E-state index in [0.29, 0.717) is 6.04 Å². The maximum absolute atomic E-state index is 6.05. The first-order valence-electron chi connectivity index (χ1n) is 5.96. The summed E-state index contributed by atoms with van der Waals surface area (Å²) in [5.74, 6) is 0. The summed E-state index contributed by atoms with van der Waals surface area (Å²) < 4.78 is 5.44. The number of hydrogen-bond acceptors (Lipinski definition) is 3. The molecule has 1 fully saturated rings. The normalized spacial score (nSPS) is 19.6. The first-order chi connectivity index (χ1) is 8.22. The maximum atomic E-state index is 6.05. The van der Waals surface area contributed by atoms with Gasteiger partial charge in [0.25, 0.3) is 0 Å². The predicted molar refractivity (Wildman–Crippen MR) is 71.8 cm³/mol. The van der Waals surface area contributed by atoms with Gasteiger partial charge in [0.05, 0.1) is 12.6 Å². The molecule has 4 heteroatoms. The zero-order valence-electron chi connectivity index (χ0n) is 10.4. The Kier molecular flexibility index (Phi) is 4.26. The minimum atomic E-state index is 0.479. The lowest BCUT2D eigenvalue weighted by molar-refractivity contribution is 0.193. The van der Waals surface area contributed by atoms with E-state index in [1.165, 1.54) is 11.3 Å². The van der Waals surface area contributed by atoms with Crippen LogP contribution in [0.1, 0.15) is 12.0 Å². The van der Waals surface area contributed by atoms with Crippen LogP contribution in [0.4, 0.5) is 5.69 Å². The van der Waals surface area contributed by atoms with E-state index in [2.05, 4.69) is 23.3 Å². The minimum absolute atomic E-state index is 0.479. The van der Waals surface area contributed by atoms with E-state index in [4.69, 9.17) is 16.3 Å². The fourth-order valence-corrected chi connectivity index (χ4v) is 2.45. The second-order valence-electron chi connectivity index (χ2n) is 4.43. The first-order valence-corrected chi connectivity index (χ1v) is 6.33. The van der Waals surface area contributed by atoms with Crippen LogP contribution in [0.5, 0.6) is 0 Å². The van der Waals surface area contributed by atoms with Crippen molar-refractivity contribution in [1.29, 1.82) is 0 Å². The quantitative estimate of drug-likeness (QED) is 0.892. The molecule has 0 saturated carbocycles. The molecule has 0 bridgehead atoms. The van der Waals surface area contributed by atoms with Crippen molar-refractivity contribution in [3.05, 3.63) is 28.8 Å². The highest BCUT2D eigenvalue weighted by Crippen LogP contribution is 2.27. The van der Waals surface area contributed by atoms with E-state index in [9.17, 15) is 0 Å². The van der Waals surface area contributed by atoms with E-state index < -0.39 is 0 Å². The van der Waals surface area contributed by atoms with E-state index in [1.807, 2.05) is 19.2 Å². The van der Waals surface area contributed by atoms with Crippen molar-refractivity contribution in [1.82, 2.24) is 5.32 Å². The number of hydrogen-bond donors (Lipinski definition) is 1. The minimum Gasteiger partial charge on any atom is -0.379 e. The Hall–Kier alpha value is -0.770. The van der Waals surface area contributed by atoms with Crippen LogP contribution in [0.25, 0.3) is 0 Å². The lowest BCUT2D eigenvalue weighted by Gasteiger charge is -2.28. The molecule has 0 radical (unpaired) electrons. The Labute approximate surface area is 108 Å². The molecule has 1 N–H and O–H groups in total. The van der Waals surface area contributed by atoms with Crippen molar-refractivity contribution in [2.75, 3.05) is 32.2 Å². The molecule has 1 aliphatic heterocycles. The number of anilines is 1. The Balaban J connectivity index is 2.23. The van der Waals surface area contributed by atoms with Gasteiger partial charge in [0, 0.05) is 30.9 Å². The van der Waals surface area contributed by atoms with Crippen LogP contribution in [0.15, 0.2) is 18.2 Å². The lowest BCUT2D eigenvalue weighted by Crippen LogP contribution is -2.32. The van der Waals surface area contributed by atoms with Gasteiger partial charge in [0.1, 0.15) is 0 Å². The van der Waals surface area contributed by atoms with Gasteiger partial charge < -0.3 is 15.0 Å². The Bertz CT molecular complexity index is 378. The molecule has 94 valence electrons. The second-order valence-corrected chi connectivity index (χ2v) is 4.87. The number of nitrogens with one attached hydrogen (secondary N) is 1. The molecule has 1 heterocycles. The van der Waals surface area contributed by atoms with Crippen molar-refractivity contribution in [2.45, 2.75) is 19.0 Å². The highest BCUT2D eigenvalue weighted by Gasteiger charge is 2.22. The third-order valence-corrected chi connectivity index (χ3v) is 3.48. The summed E-state index contributed by atoms with van der Waals surface area (Å²) in [6.45, 7) is 2.51. The largest absolute Gasteiger partial charge is 0.379 e. The van der Waals surface area contributed by atoms with Crippen molar-refractivity contribution in [2.24, 2.45) is 0 Å². The van der Waals surface area contributed by atoms with Gasteiger partial charge in [0.15, 0.2) is 0 Å². The van der Waals surface area contributed by atoms with Crippen LogP contribution >= 0.6 is 11.6 Å². The summed E-state index contributed by atoms with van der Waals surface area (Å²) >= 11 is 6.05. The van der Waals surface area contributed by atoms with Gasteiger partial charge in [-0.05, 0) is 37.2 Å². The highest BCUT2D eigenvalue weighted by molar-refractivity contribution is 6.30. The summed E-state index contributed by atoms with van der Waals surface area (Å²) in [6.07, 6.45) is 1.10. The van der Waals surface area contributed by atoms with Crippen molar-refractivity contribution in [3.8, 4) is 0 Å². The number of halogens is 1. The van der Waals surface area contributed by atoms with E-state index in [1.54, 1.807) is 0 Å². The average Bonchev–Trinajstić information content (AvgIpc) is 2.82. The van der Waals surface area contributed by atoms with Crippen LogP contribution in [-0.2, 0) is 11.3 Å². The number of ether oxygens (including phenoxy) is 1. The summed E-state index contributed by atoms with van der Waals surface area (Å²) in [5.41, 5.74) is 2.47. The van der Waals surface area contributed by atoms with Gasteiger partial charge in [-0.15, -0.1) is 0 Å². The highest BCUT2D eigenvalue weighted by atomic mass is 35.5. The number of likely N-dealkylation sites (N-methyl/N-ethyl adjacent to an activating group) is 1. The molecule has 2 rings (SSSR count). The smallest absolute Gasteiger partial charge is 0.0670 e. The molecule has 0 amide bonds. The molecule has 0 aliphatic carbocycles. The van der Waals surface area contributed by atoms with E-state index >= 15 is 0 Å². The molecule has 1 aliphatic rings. The standard InChI is InChI=1S/C13H19ClN2O/c1-15-8-10-7-11(14)3-4-13(10)16(2)12-5-6-17-9-12/h3-4,7,12,15H,5-6,8-9H2,1-2H3. The molecule has 1 aromatic rings. The summed E-state index contributed by atoms with van der Waals surface area (Å²) in [7, 11) is 4.07.